The fraction of sp³-hybridized carbons (Fsp3) is 0.389. The van der Waals surface area contributed by atoms with Crippen LogP contribution in [0.4, 0.5) is 0 Å². The van der Waals surface area contributed by atoms with E-state index in [0.29, 0.717) is 5.56 Å². The van der Waals surface area contributed by atoms with Gasteiger partial charge in [0, 0.05) is 24.0 Å². The van der Waals surface area contributed by atoms with Crippen LogP contribution in [0.5, 0.6) is 0 Å². The van der Waals surface area contributed by atoms with Crippen molar-refractivity contribution < 1.29 is 9.90 Å². The first-order valence-corrected chi connectivity index (χ1v) is 8.31. The van der Waals surface area contributed by atoms with E-state index in [9.17, 15) is 9.90 Å². The van der Waals surface area contributed by atoms with Crippen LogP contribution < -0.4 is 5.43 Å². The number of hydrazine groups is 1. The van der Waals surface area contributed by atoms with Crippen LogP contribution >= 0.6 is 0 Å². The summed E-state index contributed by atoms with van der Waals surface area (Å²) in [5, 5.41) is 12.6. The van der Waals surface area contributed by atoms with Gasteiger partial charge < -0.3 is 15.1 Å². The summed E-state index contributed by atoms with van der Waals surface area (Å²) in [6, 6.07) is 5.48. The van der Waals surface area contributed by atoms with E-state index in [-0.39, 0.29) is 0 Å². The average molecular weight is 311 g/mol. The standard InChI is InChI=1S/C18H21N3O2/c1-2-3-9-21-17-11(10-19-21)7-8-12-15-13(18(22)23)5-4-6-14(15)20-16(12)17/h4-6,19-20H,2-3,7-10H2,1H3,(H,22,23). The molecule has 0 radical (unpaired) electrons. The summed E-state index contributed by atoms with van der Waals surface area (Å²) in [4.78, 5) is 15.1. The van der Waals surface area contributed by atoms with E-state index in [4.69, 9.17) is 0 Å². The van der Waals surface area contributed by atoms with Crippen LogP contribution in [0, 0.1) is 0 Å². The summed E-state index contributed by atoms with van der Waals surface area (Å²) in [6.45, 7) is 4.08. The lowest BCUT2D eigenvalue weighted by atomic mass is 9.91. The lowest BCUT2D eigenvalue weighted by molar-refractivity contribution is 0.0699. The van der Waals surface area contributed by atoms with Crippen molar-refractivity contribution in [2.75, 3.05) is 13.1 Å². The molecule has 0 saturated carbocycles. The summed E-state index contributed by atoms with van der Waals surface area (Å²) in [5.41, 5.74) is 9.73. The van der Waals surface area contributed by atoms with Crippen LogP contribution in [-0.4, -0.2) is 34.2 Å². The van der Waals surface area contributed by atoms with Gasteiger partial charge >= 0.3 is 5.97 Å². The molecule has 1 aliphatic carbocycles. The number of hydrogen-bond acceptors (Lipinski definition) is 3. The van der Waals surface area contributed by atoms with Gasteiger partial charge in [0.25, 0.3) is 0 Å². The van der Waals surface area contributed by atoms with Crippen molar-refractivity contribution >= 4 is 22.6 Å². The second-order valence-electron chi connectivity index (χ2n) is 6.30. The highest BCUT2D eigenvalue weighted by Gasteiger charge is 2.31. The molecule has 0 fully saturated rings. The summed E-state index contributed by atoms with van der Waals surface area (Å²) < 4.78 is 0. The molecule has 3 N–H and O–H groups in total. The number of unbranched alkanes of at least 4 members (excludes halogenated alkanes) is 1. The third-order valence-electron chi connectivity index (χ3n) is 4.90. The topological polar surface area (TPSA) is 68.4 Å². The highest BCUT2D eigenvalue weighted by molar-refractivity contribution is 6.06. The minimum absolute atomic E-state index is 0.398. The van der Waals surface area contributed by atoms with Gasteiger partial charge in [0.05, 0.1) is 17.0 Å². The van der Waals surface area contributed by atoms with E-state index in [1.54, 1.807) is 6.07 Å². The summed E-state index contributed by atoms with van der Waals surface area (Å²) in [7, 11) is 0. The van der Waals surface area contributed by atoms with Crippen LogP contribution in [0.25, 0.3) is 16.6 Å². The largest absolute Gasteiger partial charge is 0.478 e. The number of aromatic carboxylic acids is 1. The van der Waals surface area contributed by atoms with E-state index in [0.717, 1.165) is 60.9 Å². The summed E-state index contributed by atoms with van der Waals surface area (Å²) in [5.74, 6) is -0.857. The molecule has 0 spiro atoms. The first kappa shape index (κ1) is 14.3. The molecule has 1 aromatic carbocycles. The van der Waals surface area contributed by atoms with Gasteiger partial charge in [0.1, 0.15) is 0 Å². The fourth-order valence-corrected chi connectivity index (χ4v) is 3.79. The van der Waals surface area contributed by atoms with Crippen molar-refractivity contribution in [3.63, 3.8) is 0 Å². The Kier molecular flexibility index (Phi) is 3.38. The molecule has 0 bridgehead atoms. The smallest absolute Gasteiger partial charge is 0.336 e. The maximum Gasteiger partial charge on any atom is 0.336 e. The van der Waals surface area contributed by atoms with Crippen molar-refractivity contribution in [3.8, 4) is 0 Å². The van der Waals surface area contributed by atoms with Gasteiger partial charge in [-0.25, -0.2) is 10.2 Å². The molecule has 4 rings (SSSR count). The molecule has 5 heteroatoms. The van der Waals surface area contributed by atoms with Crippen molar-refractivity contribution in [2.45, 2.75) is 32.6 Å². The predicted molar refractivity (Wildman–Crippen MR) is 90.1 cm³/mol. The number of aryl methyl sites for hydroxylation is 1. The van der Waals surface area contributed by atoms with Crippen molar-refractivity contribution in [1.82, 2.24) is 15.4 Å². The summed E-state index contributed by atoms with van der Waals surface area (Å²) >= 11 is 0. The Morgan fingerprint density at radius 3 is 3.00 bits per heavy atom. The van der Waals surface area contributed by atoms with Crippen molar-refractivity contribution in [1.29, 1.82) is 0 Å². The average Bonchev–Trinajstić information content (AvgIpc) is 3.13. The number of aromatic nitrogens is 1. The number of nitrogens with one attached hydrogen (secondary N) is 2. The Hall–Kier alpha value is -2.27. The minimum Gasteiger partial charge on any atom is -0.478 e. The van der Waals surface area contributed by atoms with E-state index in [2.05, 4.69) is 22.3 Å². The van der Waals surface area contributed by atoms with Gasteiger partial charge in [-0.3, -0.25) is 0 Å². The second kappa shape index (κ2) is 5.42. The Labute approximate surface area is 135 Å². The van der Waals surface area contributed by atoms with Crippen LogP contribution in [-0.2, 0) is 6.42 Å². The number of carboxylic acids is 1. The highest BCUT2D eigenvalue weighted by Crippen LogP contribution is 2.40. The van der Waals surface area contributed by atoms with Gasteiger partial charge in [-0.15, -0.1) is 0 Å². The zero-order valence-corrected chi connectivity index (χ0v) is 13.3. The van der Waals surface area contributed by atoms with Gasteiger partial charge in [-0.1, -0.05) is 19.4 Å². The van der Waals surface area contributed by atoms with E-state index in [1.807, 2.05) is 12.1 Å². The number of hydrogen-bond donors (Lipinski definition) is 3. The van der Waals surface area contributed by atoms with Gasteiger partial charge in [-0.05, 0) is 42.5 Å². The maximum atomic E-state index is 11.6. The molecule has 2 aliphatic rings. The first-order chi connectivity index (χ1) is 11.2. The van der Waals surface area contributed by atoms with E-state index >= 15 is 0 Å². The molecular formula is C18H21N3O2. The number of benzene rings is 1. The predicted octanol–water partition coefficient (Wildman–Crippen LogP) is 3.14. The van der Waals surface area contributed by atoms with E-state index < -0.39 is 5.97 Å². The van der Waals surface area contributed by atoms with Gasteiger partial charge in [0.15, 0.2) is 0 Å². The summed E-state index contributed by atoms with van der Waals surface area (Å²) in [6.07, 6.45) is 4.20. The lowest BCUT2D eigenvalue weighted by Crippen LogP contribution is -2.32. The number of carboxylic acid groups (broad SMARTS) is 1. The molecule has 0 amide bonds. The molecule has 2 heterocycles. The lowest BCUT2D eigenvalue weighted by Gasteiger charge is -2.24. The quantitative estimate of drug-likeness (QED) is 0.811. The Balaban J connectivity index is 1.87. The number of rotatable bonds is 4. The van der Waals surface area contributed by atoms with Crippen molar-refractivity contribution in [3.05, 3.63) is 40.6 Å². The number of carbonyl (C=O) groups is 1. The fourth-order valence-electron chi connectivity index (χ4n) is 3.79. The second-order valence-corrected chi connectivity index (χ2v) is 6.30. The molecule has 0 atom stereocenters. The van der Waals surface area contributed by atoms with Crippen LogP contribution in [0.15, 0.2) is 23.8 Å². The van der Waals surface area contributed by atoms with Crippen molar-refractivity contribution in [2.24, 2.45) is 0 Å². The van der Waals surface area contributed by atoms with Gasteiger partial charge in [-0.2, -0.15) is 0 Å². The minimum atomic E-state index is -0.857. The number of aromatic amines is 1. The SMILES string of the molecule is CCCCN1NCC2=C1c1[nH]c3cccc(C(=O)O)c3c1CC2. The maximum absolute atomic E-state index is 11.6. The molecule has 0 unspecified atom stereocenters. The number of H-pyrrole nitrogens is 1. The molecule has 1 aromatic heterocycles. The zero-order valence-electron chi connectivity index (χ0n) is 13.3. The zero-order chi connectivity index (χ0) is 16.0. The van der Waals surface area contributed by atoms with Gasteiger partial charge in [0.2, 0.25) is 0 Å². The first-order valence-electron chi connectivity index (χ1n) is 8.31. The normalized spacial score (nSPS) is 16.8. The molecule has 2 aromatic rings. The van der Waals surface area contributed by atoms with E-state index in [1.165, 1.54) is 11.3 Å². The molecule has 5 nitrogen and oxygen atoms in total. The van der Waals surface area contributed by atoms with Crippen LogP contribution in [0.1, 0.15) is 47.8 Å². The monoisotopic (exact) mass is 311 g/mol. The molecular weight excluding hydrogens is 290 g/mol. The molecule has 0 saturated heterocycles. The third-order valence-corrected chi connectivity index (χ3v) is 4.90. The Morgan fingerprint density at radius 1 is 1.35 bits per heavy atom. The molecule has 1 aliphatic heterocycles. The molecule has 23 heavy (non-hydrogen) atoms. The highest BCUT2D eigenvalue weighted by atomic mass is 16.4. The van der Waals surface area contributed by atoms with Crippen LogP contribution in [0.2, 0.25) is 0 Å². The molecule has 120 valence electrons. The number of nitrogens with zero attached hydrogens (tertiary/aromatic N) is 1. The van der Waals surface area contributed by atoms with Crippen LogP contribution in [0.3, 0.4) is 0 Å². The third kappa shape index (κ3) is 2.15. The Morgan fingerprint density at radius 2 is 2.22 bits per heavy atom. The Bertz CT molecular complexity index is 819. The number of fused-ring (bicyclic) bond motifs is 4.